The molecule has 0 heterocycles. The van der Waals surface area contributed by atoms with Gasteiger partial charge in [-0.3, -0.25) is 4.79 Å². The molecule has 128 valence electrons. The molecule has 0 aliphatic carbocycles. The monoisotopic (exact) mass is 370 g/mol. The second kappa shape index (κ2) is 8.33. The summed E-state index contributed by atoms with van der Waals surface area (Å²) in [4.78, 5) is 12.0. The molecule has 1 atom stereocenters. The van der Waals surface area contributed by atoms with Crippen molar-refractivity contribution in [2.24, 2.45) is 0 Å². The van der Waals surface area contributed by atoms with E-state index in [9.17, 15) is 9.18 Å². The van der Waals surface area contributed by atoms with E-state index in [0.29, 0.717) is 22.0 Å². The van der Waals surface area contributed by atoms with Gasteiger partial charge in [0.05, 0.1) is 18.7 Å². The lowest BCUT2D eigenvalue weighted by atomic mass is 10.1. The molecule has 24 heavy (non-hydrogen) atoms. The third-order valence-electron chi connectivity index (χ3n) is 3.43. The van der Waals surface area contributed by atoms with Gasteiger partial charge >= 0.3 is 0 Å². The molecule has 7 heteroatoms. The van der Waals surface area contributed by atoms with E-state index in [4.69, 9.17) is 27.9 Å². The molecule has 2 rings (SSSR count). The number of carbonyl (C=O) groups excluding carboxylic acids is 1. The number of benzene rings is 2. The molecule has 2 aromatic carbocycles. The van der Waals surface area contributed by atoms with E-state index in [0.717, 1.165) is 0 Å². The van der Waals surface area contributed by atoms with Crippen molar-refractivity contribution in [3.05, 3.63) is 57.8 Å². The van der Waals surface area contributed by atoms with Gasteiger partial charge in [-0.1, -0.05) is 29.3 Å². The number of amides is 1. The summed E-state index contributed by atoms with van der Waals surface area (Å²) in [5.74, 6) is -0.135. The highest BCUT2D eigenvalue weighted by atomic mass is 35.5. The topological polar surface area (TPSA) is 50.4 Å². The van der Waals surface area contributed by atoms with Crippen molar-refractivity contribution in [1.29, 1.82) is 0 Å². The zero-order chi connectivity index (χ0) is 17.7. The fourth-order valence-electron chi connectivity index (χ4n) is 2.13. The number of hydrogen-bond donors (Lipinski definition) is 2. The van der Waals surface area contributed by atoms with Crippen LogP contribution in [0.25, 0.3) is 0 Å². The minimum absolute atomic E-state index is 0.0354. The van der Waals surface area contributed by atoms with Gasteiger partial charge in [-0.25, -0.2) is 4.39 Å². The van der Waals surface area contributed by atoms with Crippen LogP contribution in [0.4, 0.5) is 10.1 Å². The van der Waals surface area contributed by atoms with Gasteiger partial charge in [0.1, 0.15) is 11.6 Å². The molecule has 2 aromatic rings. The fraction of sp³-hybridized carbons (Fsp3) is 0.235. The number of rotatable bonds is 6. The summed E-state index contributed by atoms with van der Waals surface area (Å²) in [5, 5.41) is 6.05. The van der Waals surface area contributed by atoms with Crippen LogP contribution in [-0.2, 0) is 4.79 Å². The summed E-state index contributed by atoms with van der Waals surface area (Å²) in [6, 6.07) is 9.33. The van der Waals surface area contributed by atoms with Crippen LogP contribution in [0.15, 0.2) is 36.4 Å². The molecule has 0 aromatic heterocycles. The Balaban J connectivity index is 1.94. The van der Waals surface area contributed by atoms with Crippen molar-refractivity contribution in [1.82, 2.24) is 5.32 Å². The maximum atomic E-state index is 13.6. The van der Waals surface area contributed by atoms with E-state index in [1.165, 1.54) is 12.1 Å². The highest BCUT2D eigenvalue weighted by molar-refractivity contribution is 6.35. The summed E-state index contributed by atoms with van der Waals surface area (Å²) in [6.07, 6.45) is 0. The lowest BCUT2D eigenvalue weighted by Crippen LogP contribution is -2.30. The van der Waals surface area contributed by atoms with E-state index in [-0.39, 0.29) is 23.5 Å². The zero-order valence-corrected chi connectivity index (χ0v) is 14.7. The Morgan fingerprint density at radius 1 is 1.25 bits per heavy atom. The quantitative estimate of drug-likeness (QED) is 0.739. The molecule has 0 saturated carbocycles. The standard InChI is InChI=1S/C17H17Cl2FN2O2/c1-10(13-7-16(20)15(19)8-14(13)18)21-9-17(23)22-11-4-3-5-12(6-11)24-2/h3-8,10,21H,9H2,1-2H3,(H,22,23)/t10-/m0/s1. The van der Waals surface area contributed by atoms with Crippen LogP contribution in [0.5, 0.6) is 5.75 Å². The number of hydrogen-bond acceptors (Lipinski definition) is 3. The highest BCUT2D eigenvalue weighted by Crippen LogP contribution is 2.28. The van der Waals surface area contributed by atoms with E-state index in [1.807, 2.05) is 0 Å². The summed E-state index contributed by atoms with van der Waals surface area (Å²) < 4.78 is 18.7. The molecular weight excluding hydrogens is 354 g/mol. The van der Waals surface area contributed by atoms with E-state index < -0.39 is 5.82 Å². The smallest absolute Gasteiger partial charge is 0.238 e. The van der Waals surface area contributed by atoms with Crippen molar-refractivity contribution >= 4 is 34.8 Å². The van der Waals surface area contributed by atoms with Crippen molar-refractivity contribution in [2.75, 3.05) is 19.0 Å². The molecular formula is C17H17Cl2FN2O2. The van der Waals surface area contributed by atoms with Gasteiger partial charge < -0.3 is 15.4 Å². The molecule has 0 unspecified atom stereocenters. The van der Waals surface area contributed by atoms with Crippen LogP contribution in [-0.4, -0.2) is 19.6 Å². The van der Waals surface area contributed by atoms with Gasteiger partial charge in [-0.2, -0.15) is 0 Å². The van der Waals surface area contributed by atoms with Crippen molar-refractivity contribution in [3.63, 3.8) is 0 Å². The van der Waals surface area contributed by atoms with Gasteiger partial charge in [0.25, 0.3) is 0 Å². The SMILES string of the molecule is COc1cccc(NC(=O)CN[C@@H](C)c2cc(F)c(Cl)cc2Cl)c1. The van der Waals surface area contributed by atoms with Crippen LogP contribution in [0, 0.1) is 5.82 Å². The Kier molecular flexibility index (Phi) is 6.43. The minimum atomic E-state index is -0.550. The van der Waals surface area contributed by atoms with Gasteiger partial charge in [0.15, 0.2) is 0 Å². The van der Waals surface area contributed by atoms with Crippen LogP contribution in [0.3, 0.4) is 0 Å². The largest absolute Gasteiger partial charge is 0.497 e. The van der Waals surface area contributed by atoms with Crippen LogP contribution in [0.2, 0.25) is 10.0 Å². The van der Waals surface area contributed by atoms with Crippen LogP contribution < -0.4 is 15.4 Å². The Morgan fingerprint density at radius 3 is 2.71 bits per heavy atom. The summed E-state index contributed by atoms with van der Waals surface area (Å²) in [5.41, 5.74) is 1.16. The number of carbonyl (C=O) groups is 1. The summed E-state index contributed by atoms with van der Waals surface area (Å²) in [7, 11) is 1.55. The number of nitrogens with one attached hydrogen (secondary N) is 2. The predicted octanol–water partition coefficient (Wildman–Crippen LogP) is 4.43. The molecule has 4 nitrogen and oxygen atoms in total. The molecule has 0 spiro atoms. The maximum absolute atomic E-state index is 13.6. The lowest BCUT2D eigenvalue weighted by molar-refractivity contribution is -0.115. The maximum Gasteiger partial charge on any atom is 0.238 e. The number of anilines is 1. The van der Waals surface area contributed by atoms with E-state index in [2.05, 4.69) is 10.6 Å². The predicted molar refractivity (Wildman–Crippen MR) is 94.5 cm³/mol. The lowest BCUT2D eigenvalue weighted by Gasteiger charge is -2.16. The molecule has 0 aliphatic heterocycles. The minimum Gasteiger partial charge on any atom is -0.497 e. The first kappa shape index (κ1) is 18.5. The third-order valence-corrected chi connectivity index (χ3v) is 4.05. The zero-order valence-electron chi connectivity index (χ0n) is 13.2. The first-order valence-electron chi connectivity index (χ1n) is 7.22. The third kappa shape index (κ3) is 4.84. The summed E-state index contributed by atoms with van der Waals surface area (Å²) >= 11 is 11.7. The van der Waals surface area contributed by atoms with E-state index in [1.54, 1.807) is 38.3 Å². The van der Waals surface area contributed by atoms with Crippen molar-refractivity contribution < 1.29 is 13.9 Å². The van der Waals surface area contributed by atoms with Crippen LogP contribution >= 0.6 is 23.2 Å². The highest BCUT2D eigenvalue weighted by Gasteiger charge is 2.14. The fourth-order valence-corrected chi connectivity index (χ4v) is 2.68. The van der Waals surface area contributed by atoms with E-state index >= 15 is 0 Å². The Hall–Kier alpha value is -1.82. The second-order valence-electron chi connectivity index (χ2n) is 5.17. The normalized spacial score (nSPS) is 11.9. The number of methoxy groups -OCH3 is 1. The average molecular weight is 371 g/mol. The molecule has 0 radical (unpaired) electrons. The molecule has 2 N–H and O–H groups in total. The molecule has 0 saturated heterocycles. The first-order chi connectivity index (χ1) is 11.4. The molecule has 1 amide bonds. The van der Waals surface area contributed by atoms with Gasteiger partial charge in [0, 0.05) is 22.8 Å². The van der Waals surface area contributed by atoms with Gasteiger partial charge in [-0.05, 0) is 36.8 Å². The molecule has 0 bridgehead atoms. The Morgan fingerprint density at radius 2 is 2.00 bits per heavy atom. The van der Waals surface area contributed by atoms with Crippen molar-refractivity contribution in [3.8, 4) is 5.75 Å². The molecule has 0 aliphatic rings. The Bertz CT molecular complexity index is 741. The van der Waals surface area contributed by atoms with Crippen LogP contribution in [0.1, 0.15) is 18.5 Å². The number of halogens is 3. The van der Waals surface area contributed by atoms with Gasteiger partial charge in [0.2, 0.25) is 5.91 Å². The first-order valence-corrected chi connectivity index (χ1v) is 7.98. The average Bonchev–Trinajstić information content (AvgIpc) is 2.56. The number of ether oxygens (including phenoxy) is 1. The summed E-state index contributed by atoms with van der Waals surface area (Å²) in [6.45, 7) is 1.83. The van der Waals surface area contributed by atoms with Gasteiger partial charge in [-0.15, -0.1) is 0 Å². The van der Waals surface area contributed by atoms with Crippen molar-refractivity contribution in [2.45, 2.75) is 13.0 Å². The second-order valence-corrected chi connectivity index (χ2v) is 5.98. The Labute approximate surface area is 149 Å². The molecule has 0 fully saturated rings.